The number of thioether (sulfide) groups is 1. The Kier molecular flexibility index (Phi) is 7.30. The molecular weight excluding hydrogens is 418 g/mol. The monoisotopic (exact) mass is 443 g/mol. The number of pyridine rings is 1. The summed E-state index contributed by atoms with van der Waals surface area (Å²) in [6.45, 7) is 2.04. The summed E-state index contributed by atoms with van der Waals surface area (Å²) in [5, 5.41) is 12.5. The first-order valence-corrected chi connectivity index (χ1v) is 11.6. The number of hydrogen-bond donors (Lipinski definition) is 1. The SMILES string of the molecule is C[C@H](CCc1ccccc1)NC(=O)CSc1nnc(-c2cccnc2)n1-c1ccccc1. The predicted octanol–water partition coefficient (Wildman–Crippen LogP) is 4.56. The van der Waals surface area contributed by atoms with Crippen LogP contribution in [0.1, 0.15) is 18.9 Å². The summed E-state index contributed by atoms with van der Waals surface area (Å²) in [4.78, 5) is 16.8. The van der Waals surface area contributed by atoms with E-state index in [9.17, 15) is 4.79 Å². The minimum atomic E-state index is -0.0129. The minimum Gasteiger partial charge on any atom is -0.353 e. The van der Waals surface area contributed by atoms with E-state index in [0.29, 0.717) is 11.0 Å². The highest BCUT2D eigenvalue weighted by Gasteiger charge is 2.17. The molecule has 1 amide bonds. The van der Waals surface area contributed by atoms with Crippen molar-refractivity contribution in [2.45, 2.75) is 31.0 Å². The van der Waals surface area contributed by atoms with Crippen molar-refractivity contribution in [1.29, 1.82) is 0 Å². The van der Waals surface area contributed by atoms with E-state index in [4.69, 9.17) is 0 Å². The van der Waals surface area contributed by atoms with Crippen LogP contribution in [0.25, 0.3) is 17.1 Å². The van der Waals surface area contributed by atoms with Crippen LogP contribution in [0.4, 0.5) is 0 Å². The lowest BCUT2D eigenvalue weighted by Gasteiger charge is -2.14. The van der Waals surface area contributed by atoms with Gasteiger partial charge < -0.3 is 5.32 Å². The van der Waals surface area contributed by atoms with Crippen LogP contribution < -0.4 is 5.32 Å². The van der Waals surface area contributed by atoms with E-state index in [1.165, 1.54) is 17.3 Å². The fraction of sp³-hybridized carbons (Fsp3) is 0.200. The minimum absolute atomic E-state index is 0.0129. The molecule has 4 aromatic rings. The first-order chi connectivity index (χ1) is 15.7. The zero-order chi connectivity index (χ0) is 22.2. The van der Waals surface area contributed by atoms with Gasteiger partial charge in [0.15, 0.2) is 11.0 Å². The van der Waals surface area contributed by atoms with Gasteiger partial charge in [-0.05, 0) is 49.6 Å². The second-order valence-electron chi connectivity index (χ2n) is 7.50. The standard InChI is InChI=1S/C25H25N5OS/c1-19(14-15-20-9-4-2-5-10-20)27-23(31)18-32-25-29-28-24(21-11-8-16-26-17-21)30(25)22-12-6-3-7-13-22/h2-13,16-17,19H,14-15,18H2,1H3,(H,27,31)/t19-/m1/s1. The van der Waals surface area contributed by atoms with Crippen molar-refractivity contribution in [2.24, 2.45) is 0 Å². The Labute approximate surface area is 192 Å². The number of nitrogens with zero attached hydrogens (tertiary/aromatic N) is 4. The molecular formula is C25H25N5OS. The summed E-state index contributed by atoms with van der Waals surface area (Å²) < 4.78 is 1.97. The summed E-state index contributed by atoms with van der Waals surface area (Å²) >= 11 is 1.38. The molecule has 1 N–H and O–H groups in total. The average molecular weight is 444 g/mol. The van der Waals surface area contributed by atoms with E-state index in [0.717, 1.165) is 24.1 Å². The zero-order valence-corrected chi connectivity index (χ0v) is 18.7. The normalized spacial score (nSPS) is 11.8. The van der Waals surface area contributed by atoms with E-state index in [1.54, 1.807) is 12.4 Å². The summed E-state index contributed by atoms with van der Waals surface area (Å²) in [5.74, 6) is 0.956. The number of para-hydroxylation sites is 1. The molecule has 1 atom stereocenters. The largest absolute Gasteiger partial charge is 0.353 e. The fourth-order valence-electron chi connectivity index (χ4n) is 3.40. The molecule has 2 heterocycles. The third kappa shape index (κ3) is 5.62. The van der Waals surface area contributed by atoms with Crippen LogP contribution >= 0.6 is 11.8 Å². The molecule has 0 fully saturated rings. The molecule has 0 aliphatic carbocycles. The lowest BCUT2D eigenvalue weighted by Crippen LogP contribution is -2.34. The van der Waals surface area contributed by atoms with Crippen molar-refractivity contribution >= 4 is 17.7 Å². The lowest BCUT2D eigenvalue weighted by atomic mass is 10.1. The Bertz CT molecular complexity index is 1130. The molecule has 162 valence electrons. The maximum absolute atomic E-state index is 12.6. The second-order valence-corrected chi connectivity index (χ2v) is 8.44. The summed E-state index contributed by atoms with van der Waals surface area (Å²) in [7, 11) is 0. The van der Waals surface area contributed by atoms with Gasteiger partial charge in [0.05, 0.1) is 5.75 Å². The first kappa shape index (κ1) is 21.8. The third-order valence-corrected chi connectivity index (χ3v) is 5.95. The van der Waals surface area contributed by atoms with Gasteiger partial charge in [-0.3, -0.25) is 14.3 Å². The Hall–Kier alpha value is -3.45. The molecule has 0 saturated heterocycles. The highest BCUT2D eigenvalue weighted by atomic mass is 32.2. The van der Waals surface area contributed by atoms with Gasteiger partial charge >= 0.3 is 0 Å². The summed E-state index contributed by atoms with van der Waals surface area (Å²) in [6, 6.07) is 24.1. The molecule has 6 nitrogen and oxygen atoms in total. The molecule has 0 spiro atoms. The molecule has 4 rings (SSSR count). The van der Waals surface area contributed by atoms with Crippen LogP contribution in [0.15, 0.2) is 90.3 Å². The van der Waals surface area contributed by atoms with Crippen molar-refractivity contribution in [3.8, 4) is 17.1 Å². The van der Waals surface area contributed by atoms with Crippen LogP contribution in [-0.4, -0.2) is 37.5 Å². The molecule has 0 radical (unpaired) electrons. The quantitative estimate of drug-likeness (QED) is 0.384. The van der Waals surface area contributed by atoms with E-state index < -0.39 is 0 Å². The summed E-state index contributed by atoms with van der Waals surface area (Å²) in [5.41, 5.74) is 3.09. The van der Waals surface area contributed by atoms with Crippen LogP contribution in [0.2, 0.25) is 0 Å². The molecule has 7 heteroatoms. The Morgan fingerprint density at radius 3 is 2.47 bits per heavy atom. The number of carbonyl (C=O) groups is 1. The van der Waals surface area contributed by atoms with Crippen molar-refractivity contribution in [2.75, 3.05) is 5.75 Å². The fourth-order valence-corrected chi connectivity index (χ4v) is 4.16. The predicted molar refractivity (Wildman–Crippen MR) is 128 cm³/mol. The first-order valence-electron chi connectivity index (χ1n) is 10.6. The molecule has 0 unspecified atom stereocenters. The number of nitrogens with one attached hydrogen (secondary N) is 1. The van der Waals surface area contributed by atoms with E-state index in [2.05, 4.69) is 32.6 Å². The number of carbonyl (C=O) groups excluding carboxylic acids is 1. The number of rotatable bonds is 9. The van der Waals surface area contributed by atoms with Gasteiger partial charge in [-0.25, -0.2) is 0 Å². The molecule has 32 heavy (non-hydrogen) atoms. The molecule has 0 aliphatic heterocycles. The van der Waals surface area contributed by atoms with Crippen LogP contribution in [-0.2, 0) is 11.2 Å². The molecule has 0 saturated carbocycles. The lowest BCUT2D eigenvalue weighted by molar-refractivity contribution is -0.119. The van der Waals surface area contributed by atoms with Crippen molar-refractivity contribution in [1.82, 2.24) is 25.1 Å². The van der Waals surface area contributed by atoms with Gasteiger partial charge in [0, 0.05) is 29.7 Å². The van der Waals surface area contributed by atoms with Gasteiger partial charge in [0.25, 0.3) is 0 Å². The second kappa shape index (κ2) is 10.7. The molecule has 2 aromatic carbocycles. The van der Waals surface area contributed by atoms with Gasteiger partial charge in [-0.1, -0.05) is 60.3 Å². The van der Waals surface area contributed by atoms with Crippen molar-refractivity contribution in [3.05, 3.63) is 90.8 Å². The van der Waals surface area contributed by atoms with E-state index >= 15 is 0 Å². The zero-order valence-electron chi connectivity index (χ0n) is 17.9. The van der Waals surface area contributed by atoms with Crippen LogP contribution in [0, 0.1) is 0 Å². The smallest absolute Gasteiger partial charge is 0.230 e. The van der Waals surface area contributed by atoms with Gasteiger partial charge in [-0.15, -0.1) is 10.2 Å². The van der Waals surface area contributed by atoms with Crippen LogP contribution in [0.3, 0.4) is 0 Å². The maximum Gasteiger partial charge on any atom is 0.230 e. The van der Waals surface area contributed by atoms with Gasteiger partial charge in [0.1, 0.15) is 0 Å². The number of amides is 1. The third-order valence-electron chi connectivity index (χ3n) is 5.02. The van der Waals surface area contributed by atoms with E-state index in [1.807, 2.05) is 72.2 Å². The number of aromatic nitrogens is 4. The number of hydrogen-bond acceptors (Lipinski definition) is 5. The Balaban J connectivity index is 1.42. The Morgan fingerprint density at radius 2 is 1.75 bits per heavy atom. The summed E-state index contributed by atoms with van der Waals surface area (Å²) in [6.07, 6.45) is 5.32. The molecule has 0 bridgehead atoms. The van der Waals surface area contributed by atoms with Gasteiger partial charge in [0.2, 0.25) is 5.91 Å². The number of aryl methyl sites for hydroxylation is 1. The van der Waals surface area contributed by atoms with Gasteiger partial charge in [-0.2, -0.15) is 0 Å². The van der Waals surface area contributed by atoms with Crippen LogP contribution in [0.5, 0.6) is 0 Å². The number of benzene rings is 2. The van der Waals surface area contributed by atoms with Crippen molar-refractivity contribution < 1.29 is 4.79 Å². The molecule has 0 aliphatic rings. The highest BCUT2D eigenvalue weighted by molar-refractivity contribution is 7.99. The average Bonchev–Trinajstić information content (AvgIpc) is 3.27. The van der Waals surface area contributed by atoms with Crippen molar-refractivity contribution in [3.63, 3.8) is 0 Å². The molecule has 2 aromatic heterocycles. The topological polar surface area (TPSA) is 72.7 Å². The highest BCUT2D eigenvalue weighted by Crippen LogP contribution is 2.27. The maximum atomic E-state index is 12.6. The Morgan fingerprint density at radius 1 is 1.00 bits per heavy atom. The van der Waals surface area contributed by atoms with E-state index in [-0.39, 0.29) is 17.7 Å².